The van der Waals surface area contributed by atoms with Crippen LogP contribution in [0.2, 0.25) is 0 Å². The topological polar surface area (TPSA) is 54.9 Å². The van der Waals surface area contributed by atoms with Gasteiger partial charge in [-0.2, -0.15) is 0 Å². The molecular weight excluding hydrogens is 214 g/mol. The zero-order chi connectivity index (χ0) is 12.1. The van der Waals surface area contributed by atoms with E-state index in [-0.39, 0.29) is 17.8 Å². The van der Waals surface area contributed by atoms with Crippen molar-refractivity contribution in [3.05, 3.63) is 60.2 Å². The van der Waals surface area contributed by atoms with Gasteiger partial charge in [0.1, 0.15) is 0 Å². The van der Waals surface area contributed by atoms with Gasteiger partial charge in [-0.05, 0) is 18.6 Å². The molecule has 0 aliphatic rings. The SMILES string of the molecule is C[C@H](NC(=O)c1ncccn1)c1ccccc1. The summed E-state index contributed by atoms with van der Waals surface area (Å²) in [6.07, 6.45) is 3.10. The van der Waals surface area contributed by atoms with Gasteiger partial charge in [-0.3, -0.25) is 4.79 Å². The Bertz CT molecular complexity index is 485. The molecular formula is C13H13N3O. The highest BCUT2D eigenvalue weighted by Crippen LogP contribution is 2.11. The average Bonchev–Trinajstić information content (AvgIpc) is 2.40. The monoisotopic (exact) mass is 227 g/mol. The van der Waals surface area contributed by atoms with Crippen LogP contribution in [-0.4, -0.2) is 15.9 Å². The van der Waals surface area contributed by atoms with E-state index >= 15 is 0 Å². The molecule has 1 aromatic heterocycles. The molecule has 0 saturated heterocycles. The number of nitrogens with one attached hydrogen (secondary N) is 1. The molecule has 0 bridgehead atoms. The summed E-state index contributed by atoms with van der Waals surface area (Å²) in [5.41, 5.74) is 1.05. The number of carbonyl (C=O) groups excluding carboxylic acids is 1. The van der Waals surface area contributed by atoms with Crippen LogP contribution < -0.4 is 5.32 Å². The number of hydrogen-bond acceptors (Lipinski definition) is 3. The van der Waals surface area contributed by atoms with E-state index in [1.165, 1.54) is 0 Å². The minimum Gasteiger partial charge on any atom is -0.343 e. The van der Waals surface area contributed by atoms with Crippen molar-refractivity contribution in [1.82, 2.24) is 15.3 Å². The molecule has 86 valence electrons. The van der Waals surface area contributed by atoms with E-state index in [2.05, 4.69) is 15.3 Å². The maximum Gasteiger partial charge on any atom is 0.289 e. The lowest BCUT2D eigenvalue weighted by atomic mass is 10.1. The first-order valence-electron chi connectivity index (χ1n) is 5.40. The van der Waals surface area contributed by atoms with Gasteiger partial charge >= 0.3 is 0 Å². The Hall–Kier alpha value is -2.23. The van der Waals surface area contributed by atoms with Crippen molar-refractivity contribution in [3.8, 4) is 0 Å². The lowest BCUT2D eigenvalue weighted by Gasteiger charge is -2.13. The Labute approximate surface area is 99.7 Å². The van der Waals surface area contributed by atoms with Crippen molar-refractivity contribution < 1.29 is 4.79 Å². The molecule has 1 N–H and O–H groups in total. The molecule has 17 heavy (non-hydrogen) atoms. The molecule has 2 aromatic rings. The maximum absolute atomic E-state index is 11.8. The molecule has 0 aliphatic carbocycles. The Kier molecular flexibility index (Phi) is 3.45. The van der Waals surface area contributed by atoms with Crippen LogP contribution in [0.5, 0.6) is 0 Å². The highest BCUT2D eigenvalue weighted by molar-refractivity contribution is 5.90. The summed E-state index contributed by atoms with van der Waals surface area (Å²) < 4.78 is 0. The van der Waals surface area contributed by atoms with E-state index in [9.17, 15) is 4.79 Å². The smallest absolute Gasteiger partial charge is 0.289 e. The number of amides is 1. The molecule has 0 fully saturated rings. The minimum atomic E-state index is -0.262. The summed E-state index contributed by atoms with van der Waals surface area (Å²) >= 11 is 0. The third-order valence-electron chi connectivity index (χ3n) is 2.42. The molecule has 0 saturated carbocycles. The number of nitrogens with zero attached hydrogens (tertiary/aromatic N) is 2. The molecule has 2 rings (SSSR count). The first-order chi connectivity index (χ1) is 8.27. The maximum atomic E-state index is 11.8. The summed E-state index contributed by atoms with van der Waals surface area (Å²) in [6, 6.07) is 11.4. The Morgan fingerprint density at radius 2 is 1.76 bits per heavy atom. The predicted molar refractivity (Wildman–Crippen MR) is 64.4 cm³/mol. The van der Waals surface area contributed by atoms with Crippen molar-refractivity contribution in [2.24, 2.45) is 0 Å². The van der Waals surface area contributed by atoms with Crippen molar-refractivity contribution in [1.29, 1.82) is 0 Å². The third-order valence-corrected chi connectivity index (χ3v) is 2.42. The second kappa shape index (κ2) is 5.21. The summed E-state index contributed by atoms with van der Waals surface area (Å²) in [7, 11) is 0. The minimum absolute atomic E-state index is 0.0625. The number of rotatable bonds is 3. The van der Waals surface area contributed by atoms with E-state index in [1.807, 2.05) is 37.3 Å². The number of aromatic nitrogens is 2. The summed E-state index contributed by atoms with van der Waals surface area (Å²) in [5.74, 6) is -0.0720. The first-order valence-corrected chi connectivity index (χ1v) is 5.40. The van der Waals surface area contributed by atoms with E-state index in [4.69, 9.17) is 0 Å². The van der Waals surface area contributed by atoms with Crippen molar-refractivity contribution >= 4 is 5.91 Å². The quantitative estimate of drug-likeness (QED) is 0.872. The fraction of sp³-hybridized carbons (Fsp3) is 0.154. The van der Waals surface area contributed by atoms with Gasteiger partial charge in [0.25, 0.3) is 5.91 Å². The van der Waals surface area contributed by atoms with Crippen molar-refractivity contribution in [2.45, 2.75) is 13.0 Å². The largest absolute Gasteiger partial charge is 0.343 e. The fourth-order valence-corrected chi connectivity index (χ4v) is 1.50. The first kappa shape index (κ1) is 11.3. The molecule has 0 aliphatic heterocycles. The molecule has 4 nitrogen and oxygen atoms in total. The summed E-state index contributed by atoms with van der Waals surface area (Å²) in [6.45, 7) is 1.93. The van der Waals surface area contributed by atoms with Gasteiger partial charge < -0.3 is 5.32 Å². The summed E-state index contributed by atoms with van der Waals surface area (Å²) in [5, 5.41) is 2.85. The Morgan fingerprint density at radius 1 is 1.12 bits per heavy atom. The molecule has 1 atom stereocenters. The molecule has 1 heterocycles. The fourth-order valence-electron chi connectivity index (χ4n) is 1.50. The molecule has 1 aromatic carbocycles. The molecule has 1 amide bonds. The predicted octanol–water partition coefficient (Wildman–Crippen LogP) is 1.97. The van der Waals surface area contributed by atoms with Crippen LogP contribution in [0.15, 0.2) is 48.8 Å². The van der Waals surface area contributed by atoms with Gasteiger partial charge in [-0.25, -0.2) is 9.97 Å². The van der Waals surface area contributed by atoms with Crippen LogP contribution in [0.1, 0.15) is 29.1 Å². The normalized spacial score (nSPS) is 11.8. The number of hydrogen-bond donors (Lipinski definition) is 1. The number of benzene rings is 1. The third kappa shape index (κ3) is 2.87. The second-order valence-electron chi connectivity index (χ2n) is 3.68. The highest BCUT2D eigenvalue weighted by Gasteiger charge is 2.12. The second-order valence-corrected chi connectivity index (χ2v) is 3.68. The van der Waals surface area contributed by atoms with Crippen LogP contribution >= 0.6 is 0 Å². The van der Waals surface area contributed by atoms with Gasteiger partial charge in [0.05, 0.1) is 6.04 Å². The van der Waals surface area contributed by atoms with Gasteiger partial charge in [-0.1, -0.05) is 30.3 Å². The Morgan fingerprint density at radius 3 is 2.41 bits per heavy atom. The van der Waals surface area contributed by atoms with Crippen molar-refractivity contribution in [3.63, 3.8) is 0 Å². The zero-order valence-corrected chi connectivity index (χ0v) is 9.50. The molecule has 0 radical (unpaired) electrons. The van der Waals surface area contributed by atoms with Crippen LogP contribution in [-0.2, 0) is 0 Å². The molecule has 0 spiro atoms. The van der Waals surface area contributed by atoms with Gasteiger partial charge in [0.15, 0.2) is 0 Å². The highest BCUT2D eigenvalue weighted by atomic mass is 16.2. The average molecular weight is 227 g/mol. The van der Waals surface area contributed by atoms with Gasteiger partial charge in [-0.15, -0.1) is 0 Å². The van der Waals surface area contributed by atoms with Crippen LogP contribution in [0.3, 0.4) is 0 Å². The van der Waals surface area contributed by atoms with E-state index < -0.39 is 0 Å². The van der Waals surface area contributed by atoms with Crippen molar-refractivity contribution in [2.75, 3.05) is 0 Å². The Balaban J connectivity index is 2.05. The number of carbonyl (C=O) groups is 1. The summed E-state index contributed by atoms with van der Waals surface area (Å²) in [4.78, 5) is 19.6. The van der Waals surface area contributed by atoms with Crippen LogP contribution in [0.4, 0.5) is 0 Å². The molecule has 0 unspecified atom stereocenters. The van der Waals surface area contributed by atoms with Gasteiger partial charge in [0, 0.05) is 12.4 Å². The standard InChI is InChI=1S/C13H13N3O/c1-10(11-6-3-2-4-7-11)16-13(17)12-14-8-5-9-15-12/h2-10H,1H3,(H,16,17)/t10-/m0/s1. The van der Waals surface area contributed by atoms with E-state index in [0.29, 0.717) is 0 Å². The lowest BCUT2D eigenvalue weighted by molar-refractivity contribution is 0.0929. The van der Waals surface area contributed by atoms with E-state index in [1.54, 1.807) is 18.5 Å². The van der Waals surface area contributed by atoms with Crippen LogP contribution in [0, 0.1) is 0 Å². The molecule has 4 heteroatoms. The lowest BCUT2D eigenvalue weighted by Crippen LogP contribution is -2.28. The van der Waals surface area contributed by atoms with E-state index in [0.717, 1.165) is 5.56 Å². The van der Waals surface area contributed by atoms with Crippen LogP contribution in [0.25, 0.3) is 0 Å². The van der Waals surface area contributed by atoms with Gasteiger partial charge in [0.2, 0.25) is 5.82 Å². The zero-order valence-electron chi connectivity index (χ0n) is 9.50.